The number of hydrogen-bond acceptors (Lipinski definition) is 4. The number of rotatable bonds is 5. The van der Waals surface area contributed by atoms with Gasteiger partial charge in [-0.2, -0.15) is 10.5 Å². The molecule has 0 amide bonds. The molecule has 0 aliphatic rings. The first-order valence-corrected chi connectivity index (χ1v) is 6.25. The molecule has 21 heavy (non-hydrogen) atoms. The predicted molar refractivity (Wildman–Crippen MR) is 76.0 cm³/mol. The number of nitrogens with one attached hydrogen (secondary N) is 1. The van der Waals surface area contributed by atoms with Gasteiger partial charge in [0.05, 0.1) is 5.56 Å². The van der Waals surface area contributed by atoms with Crippen LogP contribution in [-0.4, -0.2) is 6.61 Å². The summed E-state index contributed by atoms with van der Waals surface area (Å²) in [4.78, 5) is 0. The lowest BCUT2D eigenvalue weighted by Gasteiger charge is -2.08. The van der Waals surface area contributed by atoms with Gasteiger partial charge in [0.2, 0.25) is 0 Å². The SMILES string of the molecule is N#CCOc1ccc(CNc2ccc(F)c(C#N)c2)cc1. The molecule has 0 unspecified atom stereocenters. The molecule has 0 heterocycles. The monoisotopic (exact) mass is 281 g/mol. The van der Waals surface area contributed by atoms with Gasteiger partial charge in [-0.3, -0.25) is 0 Å². The molecule has 0 aliphatic carbocycles. The van der Waals surface area contributed by atoms with E-state index in [9.17, 15) is 4.39 Å². The van der Waals surface area contributed by atoms with E-state index in [-0.39, 0.29) is 12.2 Å². The zero-order valence-electron chi connectivity index (χ0n) is 11.1. The zero-order chi connectivity index (χ0) is 15.1. The number of ether oxygens (including phenoxy) is 1. The van der Waals surface area contributed by atoms with Crippen molar-refractivity contribution in [3.05, 3.63) is 59.4 Å². The van der Waals surface area contributed by atoms with E-state index in [0.717, 1.165) is 5.56 Å². The molecule has 2 aromatic rings. The van der Waals surface area contributed by atoms with E-state index >= 15 is 0 Å². The summed E-state index contributed by atoms with van der Waals surface area (Å²) < 4.78 is 18.3. The first-order chi connectivity index (χ1) is 10.2. The summed E-state index contributed by atoms with van der Waals surface area (Å²) in [5.41, 5.74) is 1.69. The number of anilines is 1. The fourth-order valence-electron chi connectivity index (χ4n) is 1.74. The molecule has 0 aromatic heterocycles. The average molecular weight is 281 g/mol. The molecule has 5 heteroatoms. The maximum atomic E-state index is 13.2. The Bertz CT molecular complexity index is 699. The quantitative estimate of drug-likeness (QED) is 0.913. The molecule has 2 aromatic carbocycles. The van der Waals surface area contributed by atoms with Gasteiger partial charge in [-0.05, 0) is 35.9 Å². The molecule has 0 atom stereocenters. The summed E-state index contributed by atoms with van der Waals surface area (Å²) in [5, 5.41) is 20.3. The van der Waals surface area contributed by atoms with Gasteiger partial charge in [-0.15, -0.1) is 0 Å². The minimum atomic E-state index is -0.526. The Morgan fingerprint density at radius 2 is 1.86 bits per heavy atom. The molecule has 0 fully saturated rings. The number of benzene rings is 2. The smallest absolute Gasteiger partial charge is 0.174 e. The highest BCUT2D eigenvalue weighted by molar-refractivity contribution is 5.50. The first-order valence-electron chi connectivity index (χ1n) is 6.25. The van der Waals surface area contributed by atoms with Gasteiger partial charge < -0.3 is 10.1 Å². The first kappa shape index (κ1) is 14.4. The summed E-state index contributed by atoms with van der Waals surface area (Å²) >= 11 is 0. The van der Waals surface area contributed by atoms with E-state index in [2.05, 4.69) is 5.32 Å². The standard InChI is InChI=1S/C16H12FN3O/c17-16-6-3-14(9-13(16)10-19)20-11-12-1-4-15(5-2-12)21-8-7-18/h1-6,9,20H,8,11H2. The molecular weight excluding hydrogens is 269 g/mol. The van der Waals surface area contributed by atoms with Crippen LogP contribution in [0.4, 0.5) is 10.1 Å². The number of halogens is 1. The van der Waals surface area contributed by atoms with E-state index in [1.54, 1.807) is 24.3 Å². The Morgan fingerprint density at radius 3 is 2.52 bits per heavy atom. The van der Waals surface area contributed by atoms with Crippen LogP contribution in [0.25, 0.3) is 0 Å². The van der Waals surface area contributed by atoms with Crippen LogP contribution >= 0.6 is 0 Å². The van der Waals surface area contributed by atoms with E-state index in [0.29, 0.717) is 18.0 Å². The lowest BCUT2D eigenvalue weighted by molar-refractivity contribution is 0.368. The third kappa shape index (κ3) is 3.95. The van der Waals surface area contributed by atoms with Gasteiger partial charge in [0.25, 0.3) is 0 Å². The van der Waals surface area contributed by atoms with Gasteiger partial charge >= 0.3 is 0 Å². The Hall–Kier alpha value is -3.05. The molecule has 4 nitrogen and oxygen atoms in total. The molecule has 0 saturated carbocycles. The van der Waals surface area contributed by atoms with Gasteiger partial charge in [-0.25, -0.2) is 4.39 Å². The van der Waals surface area contributed by atoms with Crippen LogP contribution in [0, 0.1) is 28.5 Å². The summed E-state index contributed by atoms with van der Waals surface area (Å²) in [6.45, 7) is 0.555. The summed E-state index contributed by atoms with van der Waals surface area (Å²) in [5.74, 6) is 0.107. The highest BCUT2D eigenvalue weighted by Gasteiger charge is 2.02. The second-order valence-electron chi connectivity index (χ2n) is 4.25. The highest BCUT2D eigenvalue weighted by atomic mass is 19.1. The Balaban J connectivity index is 1.97. The van der Waals surface area contributed by atoms with Crippen LogP contribution in [-0.2, 0) is 6.54 Å². The van der Waals surface area contributed by atoms with Crippen LogP contribution in [0.15, 0.2) is 42.5 Å². The maximum absolute atomic E-state index is 13.2. The van der Waals surface area contributed by atoms with E-state index < -0.39 is 5.82 Å². The molecule has 0 bridgehead atoms. The molecular formula is C16H12FN3O. The Kier molecular flexibility index (Phi) is 4.74. The summed E-state index contributed by atoms with van der Waals surface area (Å²) in [7, 11) is 0. The second kappa shape index (κ2) is 6.93. The van der Waals surface area contributed by atoms with Crippen LogP contribution in [0.2, 0.25) is 0 Å². The van der Waals surface area contributed by atoms with Gasteiger partial charge in [-0.1, -0.05) is 12.1 Å². The molecule has 1 N–H and O–H groups in total. The minimum Gasteiger partial charge on any atom is -0.479 e. The lowest BCUT2D eigenvalue weighted by Crippen LogP contribution is -2.00. The molecule has 0 aliphatic heterocycles. The maximum Gasteiger partial charge on any atom is 0.174 e. The number of hydrogen-bond donors (Lipinski definition) is 1. The minimum absolute atomic E-state index is 0.0141. The predicted octanol–water partition coefficient (Wildman–Crippen LogP) is 3.21. The van der Waals surface area contributed by atoms with Crippen molar-refractivity contribution in [2.75, 3.05) is 11.9 Å². The largest absolute Gasteiger partial charge is 0.479 e. The lowest BCUT2D eigenvalue weighted by atomic mass is 10.2. The molecule has 104 valence electrons. The topological polar surface area (TPSA) is 68.8 Å². The van der Waals surface area contributed by atoms with Gasteiger partial charge in [0.15, 0.2) is 6.61 Å². The molecule has 0 saturated heterocycles. The van der Waals surface area contributed by atoms with Crippen molar-refractivity contribution < 1.29 is 9.13 Å². The van der Waals surface area contributed by atoms with Crippen LogP contribution in [0.5, 0.6) is 5.75 Å². The highest BCUT2D eigenvalue weighted by Crippen LogP contribution is 2.16. The summed E-state index contributed by atoms with van der Waals surface area (Å²) in [6.07, 6.45) is 0. The molecule has 2 rings (SSSR count). The van der Waals surface area contributed by atoms with E-state index in [4.69, 9.17) is 15.3 Å². The van der Waals surface area contributed by atoms with Crippen molar-refractivity contribution in [3.63, 3.8) is 0 Å². The van der Waals surface area contributed by atoms with Crippen molar-refractivity contribution >= 4 is 5.69 Å². The van der Waals surface area contributed by atoms with Crippen molar-refractivity contribution in [1.82, 2.24) is 0 Å². The van der Waals surface area contributed by atoms with Crippen molar-refractivity contribution in [2.24, 2.45) is 0 Å². The van der Waals surface area contributed by atoms with Crippen LogP contribution in [0.3, 0.4) is 0 Å². The molecule has 0 spiro atoms. The average Bonchev–Trinajstić information content (AvgIpc) is 2.53. The van der Waals surface area contributed by atoms with Crippen LogP contribution in [0.1, 0.15) is 11.1 Å². The number of nitrogens with zero attached hydrogens (tertiary/aromatic N) is 2. The Morgan fingerprint density at radius 1 is 1.10 bits per heavy atom. The summed E-state index contributed by atoms with van der Waals surface area (Å²) in [6, 6.07) is 15.3. The van der Waals surface area contributed by atoms with Gasteiger partial charge in [0.1, 0.15) is 23.7 Å². The van der Waals surface area contributed by atoms with Gasteiger partial charge in [0, 0.05) is 12.2 Å². The molecule has 0 radical (unpaired) electrons. The number of nitriles is 2. The van der Waals surface area contributed by atoms with Crippen molar-refractivity contribution in [3.8, 4) is 17.9 Å². The fraction of sp³-hybridized carbons (Fsp3) is 0.125. The third-order valence-electron chi connectivity index (χ3n) is 2.81. The third-order valence-corrected chi connectivity index (χ3v) is 2.81. The Labute approximate surface area is 122 Å². The fourth-order valence-corrected chi connectivity index (χ4v) is 1.74. The van der Waals surface area contributed by atoms with Crippen LogP contribution < -0.4 is 10.1 Å². The zero-order valence-corrected chi connectivity index (χ0v) is 11.1. The second-order valence-corrected chi connectivity index (χ2v) is 4.25. The van der Waals surface area contributed by atoms with Crippen molar-refractivity contribution in [2.45, 2.75) is 6.54 Å². The van der Waals surface area contributed by atoms with E-state index in [1.807, 2.05) is 18.2 Å². The normalized spacial score (nSPS) is 9.48. The van der Waals surface area contributed by atoms with Crippen molar-refractivity contribution in [1.29, 1.82) is 10.5 Å². The van der Waals surface area contributed by atoms with E-state index in [1.165, 1.54) is 12.1 Å².